The Bertz CT molecular complexity index is 550. The molecule has 2 nitrogen and oxygen atoms in total. The summed E-state index contributed by atoms with van der Waals surface area (Å²) < 4.78 is 5.62. The van der Waals surface area contributed by atoms with Gasteiger partial charge in [0, 0.05) is 11.4 Å². The van der Waals surface area contributed by atoms with Gasteiger partial charge in [-0.3, -0.25) is 0 Å². The lowest BCUT2D eigenvalue weighted by Gasteiger charge is -2.08. The van der Waals surface area contributed by atoms with Crippen LogP contribution in [0.3, 0.4) is 0 Å². The molecule has 0 amide bonds. The molecule has 0 spiro atoms. The minimum Gasteiger partial charge on any atom is -0.456 e. The number of benzene rings is 2. The molecular formula is C14H10Cl2O2. The summed E-state index contributed by atoms with van der Waals surface area (Å²) >= 11 is 11.8. The molecule has 0 saturated carbocycles. The highest BCUT2D eigenvalue weighted by Gasteiger charge is 2.04. The van der Waals surface area contributed by atoms with E-state index in [9.17, 15) is 4.79 Å². The maximum Gasteiger partial charge on any atom is 0.146 e. The Labute approximate surface area is 115 Å². The summed E-state index contributed by atoms with van der Waals surface area (Å²) in [5.74, 6) is 1.21. The first-order chi connectivity index (χ1) is 8.69. The van der Waals surface area contributed by atoms with Crippen molar-refractivity contribution in [2.24, 2.45) is 0 Å². The summed E-state index contributed by atoms with van der Waals surface area (Å²) in [7, 11) is 0. The molecule has 0 radical (unpaired) electrons. The van der Waals surface area contributed by atoms with Gasteiger partial charge in [0.25, 0.3) is 0 Å². The van der Waals surface area contributed by atoms with Gasteiger partial charge in [0.1, 0.15) is 17.8 Å². The van der Waals surface area contributed by atoms with Gasteiger partial charge >= 0.3 is 0 Å². The molecule has 0 N–H and O–H groups in total. The van der Waals surface area contributed by atoms with E-state index in [0.29, 0.717) is 28.0 Å². The first-order valence-electron chi connectivity index (χ1n) is 5.34. The summed E-state index contributed by atoms with van der Waals surface area (Å²) in [4.78, 5) is 10.4. The van der Waals surface area contributed by atoms with E-state index in [1.807, 2.05) is 12.1 Å². The highest BCUT2D eigenvalue weighted by atomic mass is 35.5. The fraction of sp³-hybridized carbons (Fsp3) is 0.0714. The molecule has 0 aliphatic carbocycles. The van der Waals surface area contributed by atoms with E-state index in [4.69, 9.17) is 27.9 Å². The van der Waals surface area contributed by atoms with Crippen LogP contribution in [-0.4, -0.2) is 6.29 Å². The predicted octanol–water partition coefficient (Wildman–Crippen LogP) is 4.53. The molecule has 2 aromatic carbocycles. The van der Waals surface area contributed by atoms with Crippen LogP contribution in [-0.2, 0) is 11.2 Å². The summed E-state index contributed by atoms with van der Waals surface area (Å²) in [6.07, 6.45) is 1.27. The monoisotopic (exact) mass is 280 g/mol. The smallest absolute Gasteiger partial charge is 0.146 e. The lowest BCUT2D eigenvalue weighted by molar-refractivity contribution is -0.107. The molecule has 18 heavy (non-hydrogen) atoms. The fourth-order valence-corrected chi connectivity index (χ4v) is 1.92. The van der Waals surface area contributed by atoms with Crippen LogP contribution < -0.4 is 4.74 Å². The largest absolute Gasteiger partial charge is 0.456 e. The van der Waals surface area contributed by atoms with Crippen molar-refractivity contribution in [1.29, 1.82) is 0 Å². The van der Waals surface area contributed by atoms with Crippen molar-refractivity contribution in [1.82, 2.24) is 0 Å². The third-order valence-corrected chi connectivity index (χ3v) is 2.89. The van der Waals surface area contributed by atoms with Crippen LogP contribution in [0, 0.1) is 0 Å². The minimum absolute atomic E-state index is 0.405. The Balaban J connectivity index is 2.15. The van der Waals surface area contributed by atoms with Gasteiger partial charge in [-0.15, -0.1) is 0 Å². The minimum atomic E-state index is 0.405. The number of aldehydes is 1. The van der Waals surface area contributed by atoms with Gasteiger partial charge in [-0.05, 0) is 35.9 Å². The van der Waals surface area contributed by atoms with Gasteiger partial charge < -0.3 is 9.53 Å². The summed E-state index contributed by atoms with van der Waals surface area (Å²) in [6, 6.07) is 12.3. The Morgan fingerprint density at radius 2 is 1.78 bits per heavy atom. The molecule has 0 bridgehead atoms. The van der Waals surface area contributed by atoms with Crippen molar-refractivity contribution in [3.05, 3.63) is 58.1 Å². The Kier molecular flexibility index (Phi) is 4.24. The van der Waals surface area contributed by atoms with Crippen molar-refractivity contribution >= 4 is 29.5 Å². The fourth-order valence-electron chi connectivity index (χ4n) is 1.47. The molecule has 0 atom stereocenters. The molecule has 4 heteroatoms. The lowest BCUT2D eigenvalue weighted by atomic mass is 10.2. The maximum atomic E-state index is 10.4. The standard InChI is InChI=1S/C14H10Cl2O2/c15-11-3-6-14(13(16)9-11)18-12-4-1-10(2-5-12)7-8-17/h1-6,8-9H,7H2. The van der Waals surface area contributed by atoms with E-state index < -0.39 is 0 Å². The molecule has 0 heterocycles. The molecule has 0 aliphatic rings. The topological polar surface area (TPSA) is 26.3 Å². The number of halogens is 2. The van der Waals surface area contributed by atoms with Crippen LogP contribution in [0.25, 0.3) is 0 Å². The second kappa shape index (κ2) is 5.89. The zero-order valence-corrected chi connectivity index (χ0v) is 10.9. The summed E-state index contributed by atoms with van der Waals surface area (Å²) in [5, 5.41) is 1.02. The third-order valence-electron chi connectivity index (χ3n) is 2.36. The quantitative estimate of drug-likeness (QED) is 0.770. The number of hydrogen-bond donors (Lipinski definition) is 0. The predicted molar refractivity (Wildman–Crippen MR) is 72.7 cm³/mol. The number of ether oxygens (including phenoxy) is 1. The van der Waals surface area contributed by atoms with Crippen molar-refractivity contribution < 1.29 is 9.53 Å². The van der Waals surface area contributed by atoms with Crippen LogP contribution >= 0.6 is 23.2 Å². The van der Waals surface area contributed by atoms with Gasteiger partial charge in [-0.2, -0.15) is 0 Å². The van der Waals surface area contributed by atoms with Crippen LogP contribution in [0.15, 0.2) is 42.5 Å². The van der Waals surface area contributed by atoms with Crippen molar-refractivity contribution in [3.63, 3.8) is 0 Å². The molecular weight excluding hydrogens is 271 g/mol. The molecule has 0 unspecified atom stereocenters. The van der Waals surface area contributed by atoms with Crippen LogP contribution in [0.1, 0.15) is 5.56 Å². The summed E-state index contributed by atoms with van der Waals surface area (Å²) in [6.45, 7) is 0. The molecule has 2 rings (SSSR count). The second-order valence-electron chi connectivity index (χ2n) is 3.69. The van der Waals surface area contributed by atoms with Crippen LogP contribution in [0.5, 0.6) is 11.5 Å². The average molecular weight is 281 g/mol. The van der Waals surface area contributed by atoms with E-state index in [-0.39, 0.29) is 0 Å². The number of rotatable bonds is 4. The SMILES string of the molecule is O=CCc1ccc(Oc2ccc(Cl)cc2Cl)cc1. The highest BCUT2D eigenvalue weighted by molar-refractivity contribution is 6.35. The number of carbonyl (C=O) groups is 1. The second-order valence-corrected chi connectivity index (χ2v) is 4.54. The number of hydrogen-bond acceptors (Lipinski definition) is 2. The first-order valence-corrected chi connectivity index (χ1v) is 6.10. The van der Waals surface area contributed by atoms with Gasteiger partial charge in [0.2, 0.25) is 0 Å². The van der Waals surface area contributed by atoms with Crippen molar-refractivity contribution in [2.75, 3.05) is 0 Å². The summed E-state index contributed by atoms with van der Waals surface area (Å²) in [5.41, 5.74) is 0.944. The highest BCUT2D eigenvalue weighted by Crippen LogP contribution is 2.31. The Hall–Kier alpha value is -1.51. The van der Waals surface area contributed by atoms with E-state index in [0.717, 1.165) is 11.8 Å². The Morgan fingerprint density at radius 1 is 1.06 bits per heavy atom. The van der Waals surface area contributed by atoms with Crippen molar-refractivity contribution in [3.8, 4) is 11.5 Å². The zero-order chi connectivity index (χ0) is 13.0. The van der Waals surface area contributed by atoms with Gasteiger partial charge in [0.15, 0.2) is 0 Å². The van der Waals surface area contributed by atoms with E-state index >= 15 is 0 Å². The molecule has 2 aromatic rings. The van der Waals surface area contributed by atoms with Crippen molar-refractivity contribution in [2.45, 2.75) is 6.42 Å². The Morgan fingerprint density at radius 3 is 2.39 bits per heavy atom. The molecule has 0 aromatic heterocycles. The normalized spacial score (nSPS) is 10.1. The van der Waals surface area contributed by atoms with E-state index in [1.54, 1.807) is 30.3 Å². The van der Waals surface area contributed by atoms with E-state index in [2.05, 4.69) is 0 Å². The van der Waals surface area contributed by atoms with E-state index in [1.165, 1.54) is 0 Å². The average Bonchev–Trinajstić information content (AvgIpc) is 2.35. The number of carbonyl (C=O) groups excluding carboxylic acids is 1. The lowest BCUT2D eigenvalue weighted by Crippen LogP contribution is -1.88. The first kappa shape index (κ1) is 12.9. The third kappa shape index (κ3) is 3.25. The molecule has 0 fully saturated rings. The molecule has 0 saturated heterocycles. The zero-order valence-electron chi connectivity index (χ0n) is 9.40. The van der Waals surface area contributed by atoms with Gasteiger partial charge in [0.05, 0.1) is 5.02 Å². The van der Waals surface area contributed by atoms with Gasteiger partial charge in [-0.1, -0.05) is 35.3 Å². The van der Waals surface area contributed by atoms with Gasteiger partial charge in [-0.25, -0.2) is 0 Å². The molecule has 92 valence electrons. The molecule has 0 aliphatic heterocycles. The van der Waals surface area contributed by atoms with Crippen LogP contribution in [0.4, 0.5) is 0 Å². The van der Waals surface area contributed by atoms with Crippen LogP contribution in [0.2, 0.25) is 10.0 Å². The maximum absolute atomic E-state index is 10.4.